The first-order valence-electron chi connectivity index (χ1n) is 11.1. The lowest BCUT2D eigenvalue weighted by molar-refractivity contribution is 0.0685. The lowest BCUT2D eigenvalue weighted by atomic mass is 9.90. The van der Waals surface area contributed by atoms with Crippen LogP contribution in [0.4, 0.5) is 5.69 Å². The van der Waals surface area contributed by atoms with E-state index in [9.17, 15) is 14.7 Å². The predicted molar refractivity (Wildman–Crippen MR) is 125 cm³/mol. The van der Waals surface area contributed by atoms with Crippen LogP contribution in [-0.4, -0.2) is 21.6 Å². The predicted octanol–water partition coefficient (Wildman–Crippen LogP) is 5.66. The molecule has 5 nitrogen and oxygen atoms in total. The molecule has 0 spiro atoms. The molecule has 3 aromatic rings. The molecule has 5 heteroatoms. The second-order valence-corrected chi connectivity index (χ2v) is 8.63. The molecule has 1 N–H and O–H groups in total. The summed E-state index contributed by atoms with van der Waals surface area (Å²) in [7, 11) is 0. The maximum absolute atomic E-state index is 13.7. The molecule has 0 atom stereocenters. The number of carbonyl (C=O) groups is 2. The zero-order chi connectivity index (χ0) is 22.2. The van der Waals surface area contributed by atoms with Crippen molar-refractivity contribution in [1.29, 1.82) is 0 Å². The Kier molecular flexibility index (Phi) is 5.17. The molecule has 162 valence electrons. The Bertz CT molecular complexity index is 1250. The Labute approximate surface area is 187 Å². The van der Waals surface area contributed by atoms with Gasteiger partial charge in [-0.05, 0) is 85.2 Å². The number of aromatic carboxylic acids is 1. The van der Waals surface area contributed by atoms with Crippen LogP contribution in [-0.2, 0) is 13.1 Å². The number of hydrogen-bond donors (Lipinski definition) is 1. The summed E-state index contributed by atoms with van der Waals surface area (Å²) in [6, 6.07) is 17.2. The highest BCUT2D eigenvalue weighted by Gasteiger charge is 2.27. The highest BCUT2D eigenvalue weighted by Crippen LogP contribution is 2.32. The van der Waals surface area contributed by atoms with Crippen molar-refractivity contribution in [3.63, 3.8) is 0 Å². The van der Waals surface area contributed by atoms with Crippen molar-refractivity contribution in [1.82, 2.24) is 4.57 Å². The van der Waals surface area contributed by atoms with Crippen LogP contribution < -0.4 is 4.90 Å². The fourth-order valence-electron chi connectivity index (χ4n) is 4.92. The van der Waals surface area contributed by atoms with Gasteiger partial charge in [-0.15, -0.1) is 0 Å². The molecule has 2 aromatic carbocycles. The van der Waals surface area contributed by atoms with Gasteiger partial charge in [-0.25, -0.2) is 4.79 Å². The number of nitrogens with zero attached hydrogens (tertiary/aromatic N) is 2. The minimum Gasteiger partial charge on any atom is -0.477 e. The van der Waals surface area contributed by atoms with Gasteiger partial charge < -0.3 is 14.6 Å². The Balaban J connectivity index is 1.53. The minimum atomic E-state index is -0.961. The average molecular weight is 427 g/mol. The average Bonchev–Trinajstić information content (AvgIpc) is 3.13. The van der Waals surface area contributed by atoms with Crippen LogP contribution in [0.3, 0.4) is 0 Å². The molecule has 0 radical (unpaired) electrons. The van der Waals surface area contributed by atoms with Crippen LogP contribution >= 0.6 is 0 Å². The zero-order valence-electron chi connectivity index (χ0n) is 18.2. The first kappa shape index (κ1) is 20.3. The molecule has 0 fully saturated rings. The van der Waals surface area contributed by atoms with Gasteiger partial charge in [-0.1, -0.05) is 30.3 Å². The Morgan fingerprint density at radius 2 is 1.81 bits per heavy atom. The van der Waals surface area contributed by atoms with Gasteiger partial charge in [-0.2, -0.15) is 0 Å². The largest absolute Gasteiger partial charge is 0.477 e. The number of allylic oxidation sites excluding steroid dienone is 2. The molecular formula is C27H26N2O3. The van der Waals surface area contributed by atoms with Gasteiger partial charge in [-0.3, -0.25) is 4.79 Å². The number of anilines is 1. The number of carbonyl (C=O) groups excluding carboxylic acids is 1. The van der Waals surface area contributed by atoms with Crippen molar-refractivity contribution in [3.8, 4) is 0 Å². The molecule has 0 saturated carbocycles. The number of carboxylic acid groups (broad SMARTS) is 1. The molecule has 5 rings (SSSR count). The molecule has 1 aliphatic heterocycles. The van der Waals surface area contributed by atoms with E-state index < -0.39 is 5.97 Å². The molecule has 2 heterocycles. The first-order chi connectivity index (χ1) is 15.5. The standard InChI is InChI=1S/C27H26N2O3/c1-18-15-20(11-13-23(18)19-7-3-2-4-8-19)26(30)29-17-22-12-14-25(27(31)32)28(22)16-21-9-5-6-10-24(21)29/h5-7,9-15H,2-4,8,16-17H2,1H3,(H,31,32). The monoisotopic (exact) mass is 426 g/mol. The number of aryl methyl sites for hydroxylation is 1. The topological polar surface area (TPSA) is 62.5 Å². The second kappa shape index (κ2) is 8.15. The molecule has 0 unspecified atom stereocenters. The number of carboxylic acids is 1. The van der Waals surface area contributed by atoms with E-state index in [0.29, 0.717) is 18.7 Å². The second-order valence-electron chi connectivity index (χ2n) is 8.63. The van der Waals surface area contributed by atoms with E-state index in [2.05, 4.69) is 19.1 Å². The minimum absolute atomic E-state index is 0.0729. The molecule has 1 amide bonds. The molecule has 32 heavy (non-hydrogen) atoms. The van der Waals surface area contributed by atoms with Crippen LogP contribution in [0.15, 0.2) is 60.7 Å². The third kappa shape index (κ3) is 3.54. The maximum Gasteiger partial charge on any atom is 0.352 e. The van der Waals surface area contributed by atoms with Crippen molar-refractivity contribution in [3.05, 3.63) is 94.3 Å². The third-order valence-electron chi connectivity index (χ3n) is 6.58. The van der Waals surface area contributed by atoms with Crippen molar-refractivity contribution >= 4 is 23.1 Å². The van der Waals surface area contributed by atoms with Crippen molar-refractivity contribution in [2.24, 2.45) is 0 Å². The van der Waals surface area contributed by atoms with Gasteiger partial charge in [0.2, 0.25) is 0 Å². The van der Waals surface area contributed by atoms with Crippen LogP contribution in [0.5, 0.6) is 0 Å². The summed E-state index contributed by atoms with van der Waals surface area (Å²) in [4.78, 5) is 27.2. The molecule has 1 aromatic heterocycles. The number of rotatable bonds is 3. The number of aromatic nitrogens is 1. The summed E-state index contributed by atoms with van der Waals surface area (Å²) in [5.41, 5.74) is 7.19. The van der Waals surface area contributed by atoms with E-state index in [4.69, 9.17) is 0 Å². The highest BCUT2D eigenvalue weighted by molar-refractivity contribution is 6.07. The third-order valence-corrected chi connectivity index (χ3v) is 6.58. The highest BCUT2D eigenvalue weighted by atomic mass is 16.4. The number of hydrogen-bond acceptors (Lipinski definition) is 2. The van der Waals surface area contributed by atoms with Gasteiger partial charge in [0, 0.05) is 16.9 Å². The van der Waals surface area contributed by atoms with Crippen molar-refractivity contribution in [2.75, 3.05) is 4.90 Å². The molecular weight excluding hydrogens is 400 g/mol. The summed E-state index contributed by atoms with van der Waals surface area (Å²) in [5, 5.41) is 9.58. The molecule has 2 aliphatic rings. The molecule has 0 saturated heterocycles. The Hall–Kier alpha value is -3.60. The SMILES string of the molecule is Cc1cc(C(=O)N2Cc3ccc(C(=O)O)n3Cc3ccccc32)ccc1C1=CCCCC1. The van der Waals surface area contributed by atoms with E-state index in [1.165, 1.54) is 24.0 Å². The number of para-hydroxylation sites is 1. The van der Waals surface area contributed by atoms with Crippen LogP contribution in [0.1, 0.15) is 68.9 Å². The van der Waals surface area contributed by atoms with E-state index in [0.717, 1.165) is 35.3 Å². The van der Waals surface area contributed by atoms with E-state index in [-0.39, 0.29) is 11.6 Å². The summed E-state index contributed by atoms with van der Waals surface area (Å²) < 4.78 is 1.79. The Morgan fingerprint density at radius 3 is 2.56 bits per heavy atom. The fourth-order valence-corrected chi connectivity index (χ4v) is 4.92. The quantitative estimate of drug-likeness (QED) is 0.588. The molecule has 1 aliphatic carbocycles. The number of amides is 1. The summed E-state index contributed by atoms with van der Waals surface area (Å²) in [6.07, 6.45) is 7.01. The fraction of sp³-hybridized carbons (Fsp3) is 0.259. The van der Waals surface area contributed by atoms with E-state index in [1.807, 2.05) is 36.4 Å². The van der Waals surface area contributed by atoms with Gasteiger partial charge in [0.25, 0.3) is 5.91 Å². The van der Waals surface area contributed by atoms with Crippen LogP contribution in [0.25, 0.3) is 5.57 Å². The first-order valence-corrected chi connectivity index (χ1v) is 11.1. The normalized spacial score (nSPS) is 15.4. The van der Waals surface area contributed by atoms with Gasteiger partial charge in [0.05, 0.1) is 13.1 Å². The zero-order valence-corrected chi connectivity index (χ0v) is 18.2. The van der Waals surface area contributed by atoms with Crippen molar-refractivity contribution < 1.29 is 14.7 Å². The number of fused-ring (bicyclic) bond motifs is 2. The van der Waals surface area contributed by atoms with E-state index >= 15 is 0 Å². The summed E-state index contributed by atoms with van der Waals surface area (Å²) in [5.74, 6) is -1.03. The lowest BCUT2D eigenvalue weighted by Gasteiger charge is -2.23. The van der Waals surface area contributed by atoms with Crippen molar-refractivity contribution in [2.45, 2.75) is 45.7 Å². The molecule has 0 bridgehead atoms. The van der Waals surface area contributed by atoms with Gasteiger partial charge in [0.1, 0.15) is 5.69 Å². The van der Waals surface area contributed by atoms with Gasteiger partial charge >= 0.3 is 5.97 Å². The van der Waals surface area contributed by atoms with Crippen LogP contribution in [0.2, 0.25) is 0 Å². The van der Waals surface area contributed by atoms with Crippen LogP contribution in [0, 0.1) is 6.92 Å². The Morgan fingerprint density at radius 1 is 0.969 bits per heavy atom. The number of benzene rings is 2. The maximum atomic E-state index is 13.7. The summed E-state index contributed by atoms with van der Waals surface area (Å²) >= 11 is 0. The van der Waals surface area contributed by atoms with Gasteiger partial charge in [0.15, 0.2) is 0 Å². The smallest absolute Gasteiger partial charge is 0.352 e. The summed E-state index contributed by atoms with van der Waals surface area (Å²) in [6.45, 7) is 2.83. The lowest BCUT2D eigenvalue weighted by Crippen LogP contribution is -2.30. The van der Waals surface area contributed by atoms with E-state index in [1.54, 1.807) is 21.6 Å².